The van der Waals surface area contributed by atoms with E-state index in [0.717, 1.165) is 6.07 Å². The van der Waals surface area contributed by atoms with Gasteiger partial charge in [0, 0.05) is 26.7 Å². The minimum atomic E-state index is -3.65. The molecule has 20 heavy (non-hydrogen) atoms. The Kier molecular flexibility index (Phi) is 8.91. The Hall–Kier alpha value is -0.730. The first kappa shape index (κ1) is 19.3. The second-order valence-electron chi connectivity index (χ2n) is 4.05. The molecule has 0 amide bonds. The van der Waals surface area contributed by atoms with Crippen molar-refractivity contribution in [3.63, 3.8) is 0 Å². The predicted octanol–water partition coefficient (Wildman–Crippen LogP) is 1.07. The third-order valence-electron chi connectivity index (χ3n) is 2.53. The molecule has 0 aromatic heterocycles. The number of rotatable bonds is 8. The normalized spacial score (nSPS) is 11.2. The zero-order chi connectivity index (χ0) is 14.3. The second-order valence-corrected chi connectivity index (χ2v) is 5.82. The largest absolute Gasteiger partial charge is 0.383 e. The van der Waals surface area contributed by atoms with Gasteiger partial charge in [-0.05, 0) is 24.6 Å². The van der Waals surface area contributed by atoms with Crippen molar-refractivity contribution in [2.24, 2.45) is 0 Å². The van der Waals surface area contributed by atoms with E-state index >= 15 is 0 Å². The fraction of sp³-hybridized carbons (Fsp3) is 0.500. The maximum absolute atomic E-state index is 13.3. The van der Waals surface area contributed by atoms with Gasteiger partial charge in [-0.15, -0.1) is 12.4 Å². The molecule has 0 bridgehead atoms. The first-order valence-corrected chi connectivity index (χ1v) is 7.41. The van der Waals surface area contributed by atoms with Crippen LogP contribution in [0.15, 0.2) is 23.1 Å². The van der Waals surface area contributed by atoms with Crippen molar-refractivity contribution >= 4 is 22.4 Å². The fourth-order valence-electron chi connectivity index (χ4n) is 1.40. The fourth-order valence-corrected chi connectivity index (χ4v) is 2.44. The lowest BCUT2D eigenvalue weighted by Gasteiger charge is -2.08. The van der Waals surface area contributed by atoms with Crippen LogP contribution in [0.4, 0.5) is 4.39 Å². The van der Waals surface area contributed by atoms with Crippen molar-refractivity contribution in [3.8, 4) is 0 Å². The van der Waals surface area contributed by atoms with Crippen molar-refractivity contribution in [1.82, 2.24) is 10.0 Å². The lowest BCUT2D eigenvalue weighted by Crippen LogP contribution is -2.33. The van der Waals surface area contributed by atoms with Crippen LogP contribution in [0.5, 0.6) is 0 Å². The molecule has 0 unspecified atom stereocenters. The smallest absolute Gasteiger partial charge is 0.240 e. The highest BCUT2D eigenvalue weighted by atomic mass is 35.5. The number of methoxy groups -OCH3 is 1. The minimum absolute atomic E-state index is 0. The van der Waals surface area contributed by atoms with Crippen LogP contribution >= 0.6 is 12.4 Å². The Morgan fingerprint density at radius 1 is 1.25 bits per heavy atom. The summed E-state index contributed by atoms with van der Waals surface area (Å²) in [7, 11) is -2.06. The highest BCUT2D eigenvalue weighted by molar-refractivity contribution is 7.89. The number of ether oxygens (including phenoxy) is 1. The summed E-state index contributed by atoms with van der Waals surface area (Å²) in [5.41, 5.74) is 0.417. The van der Waals surface area contributed by atoms with Gasteiger partial charge in [0.25, 0.3) is 0 Å². The quantitative estimate of drug-likeness (QED) is 0.701. The lowest BCUT2D eigenvalue weighted by molar-refractivity contribution is 0.199. The van der Waals surface area contributed by atoms with E-state index in [0.29, 0.717) is 25.3 Å². The van der Waals surface area contributed by atoms with E-state index < -0.39 is 15.8 Å². The number of sulfonamides is 1. The van der Waals surface area contributed by atoms with E-state index in [9.17, 15) is 12.8 Å². The molecule has 0 radical (unpaired) electrons. The summed E-state index contributed by atoms with van der Waals surface area (Å²) < 4.78 is 44.3. The number of aryl methyl sites for hydroxylation is 1. The van der Waals surface area contributed by atoms with Crippen molar-refractivity contribution in [2.75, 3.05) is 33.4 Å². The van der Waals surface area contributed by atoms with E-state index in [1.54, 1.807) is 14.0 Å². The summed E-state index contributed by atoms with van der Waals surface area (Å²) in [5.74, 6) is -0.527. The molecule has 1 rings (SSSR count). The summed E-state index contributed by atoms with van der Waals surface area (Å²) in [4.78, 5) is -0.0625. The summed E-state index contributed by atoms with van der Waals surface area (Å²) in [6.45, 7) is 3.52. The van der Waals surface area contributed by atoms with Crippen LogP contribution in [-0.4, -0.2) is 41.8 Å². The lowest BCUT2D eigenvalue weighted by atomic mass is 10.2. The maximum Gasteiger partial charge on any atom is 0.240 e. The Balaban J connectivity index is 0.00000361. The highest BCUT2D eigenvalue weighted by Gasteiger charge is 2.14. The molecular weight excluding hydrogens is 307 g/mol. The molecule has 0 aliphatic heterocycles. The summed E-state index contributed by atoms with van der Waals surface area (Å²) >= 11 is 0. The molecule has 0 saturated heterocycles. The van der Waals surface area contributed by atoms with E-state index in [1.807, 2.05) is 0 Å². The zero-order valence-electron chi connectivity index (χ0n) is 11.5. The molecular formula is C12H20ClFN2O3S. The average molecular weight is 327 g/mol. The van der Waals surface area contributed by atoms with E-state index in [1.165, 1.54) is 12.1 Å². The Morgan fingerprint density at radius 2 is 1.95 bits per heavy atom. The first-order chi connectivity index (χ1) is 8.97. The first-order valence-electron chi connectivity index (χ1n) is 5.93. The summed E-state index contributed by atoms with van der Waals surface area (Å²) in [5, 5.41) is 3.00. The molecule has 5 nitrogen and oxygen atoms in total. The molecule has 1 aromatic rings. The maximum atomic E-state index is 13.3. The van der Waals surface area contributed by atoms with Gasteiger partial charge in [-0.3, -0.25) is 0 Å². The molecule has 0 spiro atoms. The predicted molar refractivity (Wildman–Crippen MR) is 78.3 cm³/mol. The van der Waals surface area contributed by atoms with Crippen LogP contribution in [0.2, 0.25) is 0 Å². The monoisotopic (exact) mass is 326 g/mol. The van der Waals surface area contributed by atoms with Gasteiger partial charge < -0.3 is 10.1 Å². The third-order valence-corrected chi connectivity index (χ3v) is 3.99. The molecule has 116 valence electrons. The molecule has 0 fully saturated rings. The molecule has 8 heteroatoms. The van der Waals surface area contributed by atoms with Crippen LogP contribution < -0.4 is 10.0 Å². The van der Waals surface area contributed by atoms with Gasteiger partial charge in [-0.2, -0.15) is 0 Å². The van der Waals surface area contributed by atoms with Crippen LogP contribution in [0.25, 0.3) is 0 Å². The van der Waals surface area contributed by atoms with Crippen LogP contribution in [0.3, 0.4) is 0 Å². The topological polar surface area (TPSA) is 67.4 Å². The van der Waals surface area contributed by atoms with Gasteiger partial charge in [0.2, 0.25) is 10.0 Å². The van der Waals surface area contributed by atoms with Gasteiger partial charge in [0.05, 0.1) is 11.5 Å². The van der Waals surface area contributed by atoms with E-state index in [-0.39, 0.29) is 23.8 Å². The van der Waals surface area contributed by atoms with Crippen molar-refractivity contribution < 1.29 is 17.5 Å². The number of nitrogens with one attached hydrogen (secondary N) is 2. The molecule has 0 atom stereocenters. The van der Waals surface area contributed by atoms with Crippen LogP contribution in [0.1, 0.15) is 5.56 Å². The van der Waals surface area contributed by atoms with Gasteiger partial charge >= 0.3 is 0 Å². The Morgan fingerprint density at radius 3 is 2.55 bits per heavy atom. The molecule has 0 heterocycles. The van der Waals surface area contributed by atoms with Crippen molar-refractivity contribution in [3.05, 3.63) is 29.6 Å². The van der Waals surface area contributed by atoms with Gasteiger partial charge in [0.15, 0.2) is 0 Å². The number of hydrogen-bond acceptors (Lipinski definition) is 4. The summed E-state index contributed by atoms with van der Waals surface area (Å²) in [6.07, 6.45) is 0. The molecule has 0 aliphatic carbocycles. The number of hydrogen-bond donors (Lipinski definition) is 2. The molecule has 1 aromatic carbocycles. The molecule has 0 saturated carbocycles. The average Bonchev–Trinajstić information content (AvgIpc) is 2.36. The second kappa shape index (κ2) is 9.25. The summed E-state index contributed by atoms with van der Waals surface area (Å²) in [6, 6.07) is 3.86. The minimum Gasteiger partial charge on any atom is -0.383 e. The SMILES string of the molecule is COCCNCCNS(=O)(=O)c1ccc(C)c(F)c1.Cl. The Labute approximate surface area is 125 Å². The van der Waals surface area contributed by atoms with Crippen LogP contribution in [-0.2, 0) is 14.8 Å². The molecule has 2 N–H and O–H groups in total. The van der Waals surface area contributed by atoms with E-state index in [2.05, 4.69) is 10.0 Å². The van der Waals surface area contributed by atoms with Gasteiger partial charge in [-0.1, -0.05) is 6.07 Å². The zero-order valence-corrected chi connectivity index (χ0v) is 13.1. The van der Waals surface area contributed by atoms with Crippen molar-refractivity contribution in [1.29, 1.82) is 0 Å². The number of halogens is 2. The number of benzene rings is 1. The third kappa shape index (κ3) is 6.15. The van der Waals surface area contributed by atoms with E-state index in [4.69, 9.17) is 4.74 Å². The standard InChI is InChI=1S/C12H19FN2O3S.ClH/c1-10-3-4-11(9-12(10)13)19(16,17)15-6-5-14-7-8-18-2;/h3-4,9,14-15H,5-8H2,1-2H3;1H. The van der Waals surface area contributed by atoms with Crippen molar-refractivity contribution in [2.45, 2.75) is 11.8 Å². The van der Waals surface area contributed by atoms with Gasteiger partial charge in [-0.25, -0.2) is 17.5 Å². The Bertz CT molecular complexity index is 511. The van der Waals surface area contributed by atoms with Gasteiger partial charge in [0.1, 0.15) is 5.82 Å². The highest BCUT2D eigenvalue weighted by Crippen LogP contribution is 2.13. The van der Waals surface area contributed by atoms with Crippen LogP contribution in [0, 0.1) is 12.7 Å². The molecule has 0 aliphatic rings.